The third kappa shape index (κ3) is 2.00. The van der Waals surface area contributed by atoms with Crippen molar-refractivity contribution in [3.8, 4) is 0 Å². The van der Waals surface area contributed by atoms with E-state index in [0.29, 0.717) is 0 Å². The van der Waals surface area contributed by atoms with Crippen molar-refractivity contribution in [2.24, 2.45) is 7.05 Å². The number of hydrogen-bond donors (Lipinski definition) is 1. The Hall–Kier alpha value is -1.03. The van der Waals surface area contributed by atoms with Gasteiger partial charge in [0.25, 0.3) is 0 Å². The standard InChI is InChI=1S/C10H14ClN3O/c1-14-10(12-9(15)6-11)7-4-2-3-5-8(7)13-14/h2-6H2,1H3,(H,12,15). The lowest BCUT2D eigenvalue weighted by atomic mass is 9.97. The summed E-state index contributed by atoms with van der Waals surface area (Å²) in [5.74, 6) is 0.628. The van der Waals surface area contributed by atoms with Crippen LogP contribution in [0.5, 0.6) is 0 Å². The first-order valence-corrected chi connectivity index (χ1v) is 5.66. The number of hydrogen-bond acceptors (Lipinski definition) is 2. The number of halogens is 1. The smallest absolute Gasteiger partial charge is 0.240 e. The summed E-state index contributed by atoms with van der Waals surface area (Å²) < 4.78 is 1.74. The predicted molar refractivity (Wildman–Crippen MR) is 59.2 cm³/mol. The van der Waals surface area contributed by atoms with Crippen LogP contribution in [-0.4, -0.2) is 21.6 Å². The Kier molecular flexibility index (Phi) is 2.95. The normalized spacial score (nSPS) is 14.8. The minimum Gasteiger partial charge on any atom is -0.310 e. The fourth-order valence-electron chi connectivity index (χ4n) is 2.00. The van der Waals surface area contributed by atoms with Crippen LogP contribution in [0.4, 0.5) is 5.82 Å². The lowest BCUT2D eigenvalue weighted by Gasteiger charge is -2.11. The molecule has 0 bridgehead atoms. The van der Waals surface area contributed by atoms with E-state index in [0.717, 1.165) is 24.4 Å². The van der Waals surface area contributed by atoms with Crippen LogP contribution in [0.15, 0.2) is 0 Å². The second-order valence-electron chi connectivity index (χ2n) is 3.79. The molecule has 0 saturated carbocycles. The van der Waals surface area contributed by atoms with Crippen molar-refractivity contribution >= 4 is 23.3 Å². The van der Waals surface area contributed by atoms with E-state index in [4.69, 9.17) is 11.6 Å². The van der Waals surface area contributed by atoms with Gasteiger partial charge in [-0.15, -0.1) is 11.6 Å². The van der Waals surface area contributed by atoms with E-state index >= 15 is 0 Å². The summed E-state index contributed by atoms with van der Waals surface area (Å²) in [7, 11) is 1.85. The maximum atomic E-state index is 11.2. The SMILES string of the molecule is Cn1nc2c(c1NC(=O)CCl)CCCC2. The summed E-state index contributed by atoms with van der Waals surface area (Å²) in [6, 6.07) is 0. The van der Waals surface area contributed by atoms with E-state index in [2.05, 4.69) is 10.4 Å². The van der Waals surface area contributed by atoms with Crippen molar-refractivity contribution in [1.29, 1.82) is 0 Å². The molecule has 1 aromatic rings. The lowest BCUT2D eigenvalue weighted by molar-refractivity contribution is -0.114. The molecule has 1 heterocycles. The zero-order valence-electron chi connectivity index (χ0n) is 8.72. The molecule has 0 radical (unpaired) electrons. The van der Waals surface area contributed by atoms with Crippen LogP contribution >= 0.6 is 11.6 Å². The third-order valence-electron chi connectivity index (χ3n) is 2.70. The van der Waals surface area contributed by atoms with Crippen molar-refractivity contribution in [3.63, 3.8) is 0 Å². The quantitative estimate of drug-likeness (QED) is 0.778. The molecule has 82 valence electrons. The van der Waals surface area contributed by atoms with Crippen molar-refractivity contribution in [2.45, 2.75) is 25.7 Å². The van der Waals surface area contributed by atoms with Crippen molar-refractivity contribution < 1.29 is 4.79 Å². The molecule has 0 unspecified atom stereocenters. The maximum absolute atomic E-state index is 11.2. The topological polar surface area (TPSA) is 46.9 Å². The van der Waals surface area contributed by atoms with Crippen LogP contribution < -0.4 is 5.32 Å². The van der Waals surface area contributed by atoms with Crippen LogP contribution in [-0.2, 0) is 24.7 Å². The van der Waals surface area contributed by atoms with Gasteiger partial charge in [-0.25, -0.2) is 0 Å². The van der Waals surface area contributed by atoms with E-state index in [9.17, 15) is 4.79 Å². The maximum Gasteiger partial charge on any atom is 0.240 e. The van der Waals surface area contributed by atoms with E-state index in [1.54, 1.807) is 4.68 Å². The Labute approximate surface area is 93.6 Å². The first-order valence-electron chi connectivity index (χ1n) is 5.13. The van der Waals surface area contributed by atoms with Crippen LogP contribution in [0.1, 0.15) is 24.1 Å². The number of anilines is 1. The molecule has 0 aliphatic heterocycles. The van der Waals surface area contributed by atoms with Gasteiger partial charge < -0.3 is 5.32 Å². The van der Waals surface area contributed by atoms with Crippen molar-refractivity contribution in [2.75, 3.05) is 11.2 Å². The first-order chi connectivity index (χ1) is 7.22. The number of rotatable bonds is 2. The molecule has 0 saturated heterocycles. The average Bonchev–Trinajstić information content (AvgIpc) is 2.55. The molecule has 15 heavy (non-hydrogen) atoms. The van der Waals surface area contributed by atoms with Crippen LogP contribution in [0, 0.1) is 0 Å². The number of amides is 1. The molecule has 1 aliphatic rings. The highest BCUT2D eigenvalue weighted by Crippen LogP contribution is 2.26. The molecule has 1 N–H and O–H groups in total. The third-order valence-corrected chi connectivity index (χ3v) is 2.94. The largest absolute Gasteiger partial charge is 0.310 e. The highest BCUT2D eigenvalue weighted by atomic mass is 35.5. The minimum atomic E-state index is -0.173. The van der Waals surface area contributed by atoms with Gasteiger partial charge in [-0.05, 0) is 25.7 Å². The summed E-state index contributed by atoms with van der Waals surface area (Å²) in [4.78, 5) is 11.2. The van der Waals surface area contributed by atoms with Crippen LogP contribution in [0.2, 0.25) is 0 Å². The number of aryl methyl sites for hydroxylation is 2. The molecule has 0 fully saturated rings. The van der Waals surface area contributed by atoms with Gasteiger partial charge >= 0.3 is 0 Å². The second-order valence-corrected chi connectivity index (χ2v) is 4.05. The summed E-state index contributed by atoms with van der Waals surface area (Å²) in [5.41, 5.74) is 2.30. The summed E-state index contributed by atoms with van der Waals surface area (Å²) in [5, 5.41) is 7.19. The molecule has 0 aromatic carbocycles. The second kappa shape index (κ2) is 4.23. The molecule has 1 aromatic heterocycles. The van der Waals surface area contributed by atoms with E-state index in [1.165, 1.54) is 18.4 Å². The Morgan fingerprint density at radius 1 is 1.53 bits per heavy atom. The van der Waals surface area contributed by atoms with Gasteiger partial charge in [0, 0.05) is 12.6 Å². The fraction of sp³-hybridized carbons (Fsp3) is 0.600. The Morgan fingerprint density at radius 2 is 2.27 bits per heavy atom. The highest BCUT2D eigenvalue weighted by molar-refractivity contribution is 6.29. The summed E-state index contributed by atoms with van der Waals surface area (Å²) in [6.07, 6.45) is 4.37. The zero-order chi connectivity index (χ0) is 10.8. The molecule has 1 aliphatic carbocycles. The molecule has 4 nitrogen and oxygen atoms in total. The number of fused-ring (bicyclic) bond motifs is 1. The van der Waals surface area contributed by atoms with Gasteiger partial charge in [-0.2, -0.15) is 5.10 Å². The van der Waals surface area contributed by atoms with Gasteiger partial charge in [-0.3, -0.25) is 9.48 Å². The number of carbonyl (C=O) groups is 1. The predicted octanol–water partition coefficient (Wildman–Crippen LogP) is 1.48. The van der Waals surface area contributed by atoms with Crippen LogP contribution in [0.3, 0.4) is 0 Å². The Morgan fingerprint density at radius 3 is 3.00 bits per heavy atom. The number of aromatic nitrogens is 2. The number of nitrogens with one attached hydrogen (secondary N) is 1. The first kappa shape index (κ1) is 10.5. The van der Waals surface area contributed by atoms with Gasteiger partial charge in [-0.1, -0.05) is 0 Å². The minimum absolute atomic E-state index is 0.0139. The van der Waals surface area contributed by atoms with Gasteiger partial charge in [0.15, 0.2) is 0 Å². The van der Waals surface area contributed by atoms with Gasteiger partial charge in [0.1, 0.15) is 11.7 Å². The Bertz CT molecular complexity index is 386. The molecule has 2 rings (SSSR count). The number of carbonyl (C=O) groups excluding carboxylic acids is 1. The van der Waals surface area contributed by atoms with Gasteiger partial charge in [0.2, 0.25) is 5.91 Å². The molecule has 0 atom stereocenters. The van der Waals surface area contributed by atoms with E-state index in [1.807, 2.05) is 7.05 Å². The lowest BCUT2D eigenvalue weighted by Crippen LogP contribution is -2.16. The zero-order valence-corrected chi connectivity index (χ0v) is 9.47. The van der Waals surface area contributed by atoms with Crippen molar-refractivity contribution in [3.05, 3.63) is 11.3 Å². The molecule has 0 spiro atoms. The highest BCUT2D eigenvalue weighted by Gasteiger charge is 2.20. The molecular weight excluding hydrogens is 214 g/mol. The fourth-order valence-corrected chi connectivity index (χ4v) is 2.07. The average molecular weight is 228 g/mol. The molecular formula is C10H14ClN3O. The van der Waals surface area contributed by atoms with Gasteiger partial charge in [0.05, 0.1) is 5.69 Å². The molecule has 5 heteroatoms. The molecule has 1 amide bonds. The summed E-state index contributed by atoms with van der Waals surface area (Å²) in [6.45, 7) is 0. The summed E-state index contributed by atoms with van der Waals surface area (Å²) >= 11 is 5.46. The monoisotopic (exact) mass is 227 g/mol. The van der Waals surface area contributed by atoms with E-state index in [-0.39, 0.29) is 11.8 Å². The number of alkyl halides is 1. The number of nitrogens with zero attached hydrogens (tertiary/aromatic N) is 2. The Balaban J connectivity index is 2.29. The van der Waals surface area contributed by atoms with E-state index < -0.39 is 0 Å². The van der Waals surface area contributed by atoms with Crippen LogP contribution in [0.25, 0.3) is 0 Å². The van der Waals surface area contributed by atoms with Crippen molar-refractivity contribution in [1.82, 2.24) is 9.78 Å².